The molecular formula is C13H20N2O5S. The molecule has 0 aliphatic carbocycles. The molecule has 1 aromatic carbocycles. The summed E-state index contributed by atoms with van der Waals surface area (Å²) >= 11 is 0. The zero-order valence-corrected chi connectivity index (χ0v) is 13.3. The average molecular weight is 316 g/mol. The monoisotopic (exact) mass is 316 g/mol. The highest BCUT2D eigenvalue weighted by molar-refractivity contribution is 7.90. The lowest BCUT2D eigenvalue weighted by molar-refractivity contribution is -0.384. The molecule has 7 nitrogen and oxygen atoms in total. The Morgan fingerprint density at radius 1 is 1.29 bits per heavy atom. The zero-order valence-electron chi connectivity index (χ0n) is 12.5. The smallest absolute Gasteiger partial charge is 0.275 e. The number of anilines is 1. The van der Waals surface area contributed by atoms with Gasteiger partial charge in [-0.15, -0.1) is 0 Å². The van der Waals surface area contributed by atoms with Gasteiger partial charge in [0.2, 0.25) is 0 Å². The van der Waals surface area contributed by atoms with Gasteiger partial charge in [0.1, 0.15) is 15.6 Å². The Morgan fingerprint density at radius 2 is 1.90 bits per heavy atom. The van der Waals surface area contributed by atoms with Crippen molar-refractivity contribution in [2.24, 2.45) is 0 Å². The summed E-state index contributed by atoms with van der Waals surface area (Å²) in [5.74, 6) is 0.309. The Kier molecular flexibility index (Phi) is 5.54. The van der Waals surface area contributed by atoms with Crippen molar-refractivity contribution in [3.63, 3.8) is 0 Å². The van der Waals surface area contributed by atoms with Crippen molar-refractivity contribution in [1.82, 2.24) is 0 Å². The molecule has 0 fully saturated rings. The van der Waals surface area contributed by atoms with Gasteiger partial charge in [0.25, 0.3) is 5.69 Å². The molecule has 118 valence electrons. The van der Waals surface area contributed by atoms with Crippen molar-refractivity contribution >= 4 is 21.2 Å². The highest BCUT2D eigenvalue weighted by Crippen LogP contribution is 2.27. The Labute approximate surface area is 124 Å². The van der Waals surface area contributed by atoms with E-state index in [4.69, 9.17) is 4.74 Å². The lowest BCUT2D eigenvalue weighted by Gasteiger charge is -2.16. The molecule has 1 aromatic rings. The van der Waals surface area contributed by atoms with Gasteiger partial charge in [-0.1, -0.05) is 0 Å². The Balaban J connectivity index is 2.99. The highest BCUT2D eigenvalue weighted by atomic mass is 32.2. The van der Waals surface area contributed by atoms with E-state index in [0.717, 1.165) is 6.26 Å². The molecule has 0 saturated heterocycles. The number of benzene rings is 1. The third kappa shape index (κ3) is 6.44. The summed E-state index contributed by atoms with van der Waals surface area (Å²) < 4.78 is 28.0. The van der Waals surface area contributed by atoms with Crippen LogP contribution < -0.4 is 10.1 Å². The first-order chi connectivity index (χ1) is 9.56. The Morgan fingerprint density at radius 3 is 2.38 bits per heavy atom. The third-order valence-corrected chi connectivity index (χ3v) is 3.55. The molecule has 0 aliphatic rings. The van der Waals surface area contributed by atoms with Gasteiger partial charge in [-0.3, -0.25) is 10.1 Å². The Hall–Kier alpha value is -1.83. The van der Waals surface area contributed by atoms with E-state index in [0.29, 0.717) is 11.4 Å². The maximum absolute atomic E-state index is 11.2. The lowest BCUT2D eigenvalue weighted by Crippen LogP contribution is -2.25. The van der Waals surface area contributed by atoms with E-state index in [-0.39, 0.29) is 23.6 Å². The number of nitrogens with zero attached hydrogens (tertiary/aromatic N) is 1. The predicted octanol–water partition coefficient (Wildman–Crippen LogP) is 2.23. The van der Waals surface area contributed by atoms with Gasteiger partial charge in [0.15, 0.2) is 0 Å². The van der Waals surface area contributed by atoms with Crippen LogP contribution in [0.1, 0.15) is 20.8 Å². The maximum Gasteiger partial charge on any atom is 0.275 e. The number of ether oxygens (including phenoxy) is 1. The summed E-state index contributed by atoms with van der Waals surface area (Å²) in [5, 5.41) is 13.9. The van der Waals surface area contributed by atoms with Crippen LogP contribution in [-0.2, 0) is 9.84 Å². The van der Waals surface area contributed by atoms with Gasteiger partial charge in [0, 0.05) is 30.1 Å². The van der Waals surface area contributed by atoms with E-state index in [1.807, 2.05) is 13.8 Å². The van der Waals surface area contributed by atoms with Crippen LogP contribution >= 0.6 is 0 Å². The highest BCUT2D eigenvalue weighted by Gasteiger charge is 2.15. The van der Waals surface area contributed by atoms with Crippen LogP contribution in [0.2, 0.25) is 0 Å². The van der Waals surface area contributed by atoms with Gasteiger partial charge in [0.05, 0.1) is 22.8 Å². The molecule has 21 heavy (non-hydrogen) atoms. The Bertz CT molecular complexity index is 613. The number of hydrogen-bond acceptors (Lipinski definition) is 6. The van der Waals surface area contributed by atoms with Crippen LogP contribution in [0.3, 0.4) is 0 Å². The fourth-order valence-electron chi connectivity index (χ4n) is 1.89. The van der Waals surface area contributed by atoms with Gasteiger partial charge in [-0.25, -0.2) is 8.42 Å². The van der Waals surface area contributed by atoms with Crippen molar-refractivity contribution in [3.05, 3.63) is 28.3 Å². The summed E-state index contributed by atoms with van der Waals surface area (Å²) in [6, 6.07) is 3.94. The van der Waals surface area contributed by atoms with Crippen LogP contribution in [0.5, 0.6) is 5.75 Å². The normalized spacial score (nSPS) is 13.0. The van der Waals surface area contributed by atoms with Crippen molar-refractivity contribution in [2.75, 3.05) is 17.3 Å². The van der Waals surface area contributed by atoms with Crippen LogP contribution in [0, 0.1) is 10.1 Å². The van der Waals surface area contributed by atoms with Crippen LogP contribution in [0.15, 0.2) is 18.2 Å². The molecule has 0 bridgehead atoms. The van der Waals surface area contributed by atoms with Gasteiger partial charge in [-0.2, -0.15) is 0 Å². The second-order valence-corrected chi connectivity index (χ2v) is 7.46. The molecule has 0 aromatic heterocycles. The summed E-state index contributed by atoms with van der Waals surface area (Å²) in [6.45, 7) is 5.33. The van der Waals surface area contributed by atoms with Crippen molar-refractivity contribution < 1.29 is 18.1 Å². The largest absolute Gasteiger partial charge is 0.491 e. The molecule has 0 heterocycles. The molecule has 0 amide bonds. The molecule has 0 saturated carbocycles. The fourth-order valence-corrected chi connectivity index (χ4v) is 2.88. The third-order valence-electron chi connectivity index (χ3n) is 2.44. The minimum absolute atomic E-state index is 0.0595. The zero-order chi connectivity index (χ0) is 16.2. The van der Waals surface area contributed by atoms with Gasteiger partial charge < -0.3 is 10.1 Å². The van der Waals surface area contributed by atoms with E-state index in [2.05, 4.69) is 5.32 Å². The molecule has 0 aliphatic heterocycles. The van der Waals surface area contributed by atoms with Gasteiger partial charge >= 0.3 is 0 Å². The van der Waals surface area contributed by atoms with Crippen LogP contribution in [0.4, 0.5) is 11.4 Å². The number of non-ortho nitro benzene ring substituents is 1. The fraction of sp³-hybridized carbons (Fsp3) is 0.538. The molecule has 8 heteroatoms. The second kappa shape index (κ2) is 6.75. The van der Waals surface area contributed by atoms with E-state index >= 15 is 0 Å². The number of nitrogens with one attached hydrogen (secondary N) is 1. The molecule has 1 atom stereocenters. The maximum atomic E-state index is 11.2. The topological polar surface area (TPSA) is 98.5 Å². The van der Waals surface area contributed by atoms with E-state index < -0.39 is 14.8 Å². The summed E-state index contributed by atoms with van der Waals surface area (Å²) in [7, 11) is -3.13. The second-order valence-electron chi connectivity index (χ2n) is 5.28. The van der Waals surface area contributed by atoms with Gasteiger partial charge in [-0.05, 0) is 20.8 Å². The first kappa shape index (κ1) is 17.2. The van der Waals surface area contributed by atoms with E-state index in [1.54, 1.807) is 13.0 Å². The van der Waals surface area contributed by atoms with Crippen molar-refractivity contribution in [2.45, 2.75) is 32.9 Å². The number of sulfone groups is 1. The van der Waals surface area contributed by atoms with Crippen molar-refractivity contribution in [3.8, 4) is 5.75 Å². The summed E-state index contributed by atoms with van der Waals surface area (Å²) in [4.78, 5) is 10.4. The SMILES string of the molecule is CC(CS(C)(=O)=O)Nc1cc(OC(C)C)cc([N+](=O)[O-])c1. The quantitative estimate of drug-likeness (QED) is 0.612. The predicted molar refractivity (Wildman–Crippen MR) is 81.7 cm³/mol. The average Bonchev–Trinajstić information content (AvgIpc) is 2.24. The molecule has 1 N–H and O–H groups in total. The van der Waals surface area contributed by atoms with Crippen LogP contribution in [0.25, 0.3) is 0 Å². The number of rotatable bonds is 7. The molecule has 1 rings (SSSR count). The molecule has 0 spiro atoms. The first-order valence-corrected chi connectivity index (χ1v) is 8.53. The standard InChI is InChI=1S/C13H20N2O5S/c1-9(2)20-13-6-11(5-12(7-13)15(16)17)14-10(3)8-21(4,18)19/h5-7,9-10,14H,8H2,1-4H3. The van der Waals surface area contributed by atoms with E-state index in [1.165, 1.54) is 12.1 Å². The minimum Gasteiger partial charge on any atom is -0.491 e. The number of nitro benzene ring substituents is 1. The lowest BCUT2D eigenvalue weighted by atomic mass is 10.2. The summed E-state index contributed by atoms with van der Waals surface area (Å²) in [5.41, 5.74) is 0.346. The number of nitro groups is 1. The molecular weight excluding hydrogens is 296 g/mol. The first-order valence-electron chi connectivity index (χ1n) is 6.47. The van der Waals surface area contributed by atoms with Crippen molar-refractivity contribution in [1.29, 1.82) is 0 Å². The minimum atomic E-state index is -3.13. The van der Waals surface area contributed by atoms with E-state index in [9.17, 15) is 18.5 Å². The summed E-state index contributed by atoms with van der Waals surface area (Å²) in [6.07, 6.45) is 1.03. The molecule has 0 radical (unpaired) electrons. The number of hydrogen-bond donors (Lipinski definition) is 1. The molecule has 1 unspecified atom stereocenters. The van der Waals surface area contributed by atoms with Crippen LogP contribution in [-0.4, -0.2) is 37.5 Å².